The molecule has 1 aromatic carbocycles. The summed E-state index contributed by atoms with van der Waals surface area (Å²) in [5, 5.41) is 3.08. The Balaban J connectivity index is 1.36. The van der Waals surface area contributed by atoms with Crippen molar-refractivity contribution in [3.05, 3.63) is 35.4 Å². The highest BCUT2D eigenvalue weighted by Gasteiger charge is 2.35. The number of nitrogens with zero attached hydrogens (tertiary/aromatic N) is 3. The molecule has 0 radical (unpaired) electrons. The van der Waals surface area contributed by atoms with E-state index in [1.54, 1.807) is 38.3 Å². The number of amidine groups is 1. The molecule has 8 nitrogen and oxygen atoms in total. The number of hydrogen-bond donors (Lipinski definition) is 1. The first kappa shape index (κ1) is 22.8. The molecule has 32 heavy (non-hydrogen) atoms. The Kier molecular flexibility index (Phi) is 6.85. The molecule has 2 fully saturated rings. The number of hydrogen-bond acceptors (Lipinski definition) is 6. The average molecular weight is 461 g/mol. The van der Waals surface area contributed by atoms with Crippen LogP contribution in [0.5, 0.6) is 5.75 Å². The van der Waals surface area contributed by atoms with Crippen molar-refractivity contribution in [2.24, 2.45) is 10.3 Å². The molecule has 3 aliphatic rings. The molecule has 4 rings (SSSR count). The van der Waals surface area contributed by atoms with E-state index in [2.05, 4.69) is 14.6 Å². The van der Waals surface area contributed by atoms with E-state index in [9.17, 15) is 13.2 Å². The summed E-state index contributed by atoms with van der Waals surface area (Å²) in [5.41, 5.74) is 1.26. The normalized spacial score (nSPS) is 21.7. The van der Waals surface area contributed by atoms with E-state index in [1.165, 1.54) is 12.8 Å². The molecule has 0 aromatic heterocycles. The zero-order chi connectivity index (χ0) is 22.7. The largest absolute Gasteiger partial charge is 0.497 e. The summed E-state index contributed by atoms with van der Waals surface area (Å²) in [6, 6.07) is 6.98. The molecule has 0 atom stereocenters. The maximum absolute atomic E-state index is 12.8. The fraction of sp³-hybridized carbons (Fsp3) is 0.565. The van der Waals surface area contributed by atoms with Gasteiger partial charge in [0.1, 0.15) is 16.5 Å². The van der Waals surface area contributed by atoms with Gasteiger partial charge in [0, 0.05) is 37.7 Å². The Bertz CT molecular complexity index is 1000. The summed E-state index contributed by atoms with van der Waals surface area (Å²) >= 11 is 0. The van der Waals surface area contributed by atoms with Crippen LogP contribution in [0.25, 0.3) is 4.91 Å². The maximum Gasteiger partial charge on any atom is 0.285 e. The van der Waals surface area contributed by atoms with E-state index in [1.807, 2.05) is 4.90 Å². The van der Waals surface area contributed by atoms with Crippen molar-refractivity contribution < 1.29 is 17.9 Å². The number of likely N-dealkylation sites (tertiary alicyclic amines) is 2. The molecule has 2 saturated heterocycles. The summed E-state index contributed by atoms with van der Waals surface area (Å²) in [5.74, 6) is 1.25. The Hall–Kier alpha value is -2.39. The fourth-order valence-electron chi connectivity index (χ4n) is 4.77. The molecule has 174 valence electrons. The van der Waals surface area contributed by atoms with Crippen LogP contribution in [-0.4, -0.2) is 76.3 Å². The van der Waals surface area contributed by atoms with Crippen molar-refractivity contribution in [2.45, 2.75) is 32.6 Å². The van der Waals surface area contributed by atoms with E-state index in [0.717, 1.165) is 19.6 Å². The number of carbonyl (C=O) groups excluding carboxylic acids is 1. The van der Waals surface area contributed by atoms with Crippen molar-refractivity contribution in [3.8, 4) is 5.75 Å². The maximum atomic E-state index is 12.8. The number of piperidine rings is 1. The van der Waals surface area contributed by atoms with Gasteiger partial charge in [-0.1, -0.05) is 0 Å². The summed E-state index contributed by atoms with van der Waals surface area (Å²) < 4.78 is 34.9. The molecular formula is C23H32N4O4S. The van der Waals surface area contributed by atoms with Gasteiger partial charge < -0.3 is 19.9 Å². The van der Waals surface area contributed by atoms with Gasteiger partial charge in [-0.15, -0.1) is 4.40 Å². The van der Waals surface area contributed by atoms with Gasteiger partial charge in [-0.2, -0.15) is 8.42 Å². The van der Waals surface area contributed by atoms with Crippen molar-refractivity contribution in [1.29, 1.82) is 0 Å². The van der Waals surface area contributed by atoms with Gasteiger partial charge in [0.2, 0.25) is 5.91 Å². The van der Waals surface area contributed by atoms with Crippen LogP contribution >= 0.6 is 0 Å². The van der Waals surface area contributed by atoms with Crippen LogP contribution < -0.4 is 10.1 Å². The molecule has 0 unspecified atom stereocenters. The van der Waals surface area contributed by atoms with E-state index < -0.39 is 10.0 Å². The monoisotopic (exact) mass is 460 g/mol. The van der Waals surface area contributed by atoms with Gasteiger partial charge in [0.05, 0.1) is 7.11 Å². The van der Waals surface area contributed by atoms with E-state index in [0.29, 0.717) is 55.2 Å². The molecule has 0 spiro atoms. The van der Waals surface area contributed by atoms with Crippen LogP contribution in [0.4, 0.5) is 0 Å². The minimum atomic E-state index is -3.76. The molecule has 3 aliphatic heterocycles. The topological polar surface area (TPSA) is 91.3 Å². The number of sulfonamides is 1. The minimum absolute atomic E-state index is 0.0335. The molecule has 0 bridgehead atoms. The smallest absolute Gasteiger partial charge is 0.285 e. The van der Waals surface area contributed by atoms with Crippen molar-refractivity contribution >= 4 is 26.7 Å². The predicted octanol–water partition coefficient (Wildman–Crippen LogP) is 2.09. The number of rotatable bonds is 6. The zero-order valence-corrected chi connectivity index (χ0v) is 19.7. The first-order valence-corrected chi connectivity index (χ1v) is 12.8. The van der Waals surface area contributed by atoms with E-state index >= 15 is 0 Å². The molecule has 1 amide bonds. The van der Waals surface area contributed by atoms with Gasteiger partial charge in [-0.05, 0) is 75.5 Å². The van der Waals surface area contributed by atoms with Crippen LogP contribution in [0.1, 0.15) is 38.2 Å². The highest BCUT2D eigenvalue weighted by atomic mass is 32.2. The first-order chi connectivity index (χ1) is 15.4. The molecule has 1 N–H and O–H groups in total. The standard InChI is InChI=1S/C23H32N4O4S/c1-17-21(18-5-7-20(31-2)8-6-18)32(29,30)25-22(17)27-14-9-19(10-15-27)23(28)24-11-16-26-12-3-4-13-26/h5-8,19H,3-4,9-16H2,1-2H3,(H,24,28). The third kappa shape index (κ3) is 4.83. The summed E-state index contributed by atoms with van der Waals surface area (Å²) in [6.07, 6.45) is 3.89. The third-order valence-electron chi connectivity index (χ3n) is 6.58. The lowest BCUT2D eigenvalue weighted by atomic mass is 9.95. The Morgan fingerprint density at radius 1 is 1.12 bits per heavy atom. The van der Waals surface area contributed by atoms with Gasteiger partial charge in [-0.25, -0.2) is 0 Å². The van der Waals surface area contributed by atoms with Crippen LogP contribution in [-0.2, 0) is 14.8 Å². The lowest BCUT2D eigenvalue weighted by Gasteiger charge is -2.33. The highest BCUT2D eigenvalue weighted by Crippen LogP contribution is 2.35. The lowest BCUT2D eigenvalue weighted by molar-refractivity contribution is -0.126. The minimum Gasteiger partial charge on any atom is -0.497 e. The Morgan fingerprint density at radius 2 is 1.78 bits per heavy atom. The summed E-state index contributed by atoms with van der Waals surface area (Å²) in [4.78, 5) is 17.2. The molecule has 0 aliphatic carbocycles. The summed E-state index contributed by atoms with van der Waals surface area (Å²) in [6.45, 7) is 6.90. The summed E-state index contributed by atoms with van der Waals surface area (Å²) in [7, 11) is -2.18. The fourth-order valence-corrected chi connectivity index (χ4v) is 6.25. The Labute approximate surface area is 190 Å². The molecule has 1 aromatic rings. The zero-order valence-electron chi connectivity index (χ0n) is 18.8. The van der Waals surface area contributed by atoms with E-state index in [4.69, 9.17) is 4.74 Å². The lowest BCUT2D eigenvalue weighted by Crippen LogP contribution is -2.44. The second kappa shape index (κ2) is 9.62. The number of nitrogens with one attached hydrogen (secondary N) is 1. The van der Waals surface area contributed by atoms with Gasteiger partial charge in [-0.3, -0.25) is 4.79 Å². The van der Waals surface area contributed by atoms with Crippen molar-refractivity contribution in [3.63, 3.8) is 0 Å². The van der Waals surface area contributed by atoms with Crippen LogP contribution in [0, 0.1) is 5.92 Å². The first-order valence-electron chi connectivity index (χ1n) is 11.3. The second-order valence-electron chi connectivity index (χ2n) is 8.67. The van der Waals surface area contributed by atoms with Gasteiger partial charge in [0.15, 0.2) is 0 Å². The third-order valence-corrected chi connectivity index (χ3v) is 8.06. The number of ether oxygens (including phenoxy) is 1. The van der Waals surface area contributed by atoms with Crippen molar-refractivity contribution in [1.82, 2.24) is 15.1 Å². The number of carbonyl (C=O) groups is 1. The van der Waals surface area contributed by atoms with Crippen LogP contribution in [0.3, 0.4) is 0 Å². The average Bonchev–Trinajstić information content (AvgIpc) is 3.39. The second-order valence-corrected chi connectivity index (χ2v) is 10.2. The quantitative estimate of drug-likeness (QED) is 0.699. The molecule has 0 saturated carbocycles. The SMILES string of the molecule is COc1ccc(C2=C(C)C(N3CCC(C(=O)NCCN4CCCC4)CC3)=NS2(=O)=O)cc1. The number of benzene rings is 1. The Morgan fingerprint density at radius 3 is 2.41 bits per heavy atom. The van der Waals surface area contributed by atoms with Crippen molar-refractivity contribution in [2.75, 3.05) is 46.4 Å². The van der Waals surface area contributed by atoms with Gasteiger partial charge >= 0.3 is 0 Å². The van der Waals surface area contributed by atoms with Gasteiger partial charge in [0.25, 0.3) is 10.0 Å². The van der Waals surface area contributed by atoms with Crippen LogP contribution in [0.15, 0.2) is 34.2 Å². The highest BCUT2D eigenvalue weighted by molar-refractivity contribution is 8.00. The number of amides is 1. The van der Waals surface area contributed by atoms with E-state index in [-0.39, 0.29) is 16.7 Å². The molecule has 3 heterocycles. The number of methoxy groups -OCH3 is 1. The molecule has 9 heteroatoms. The predicted molar refractivity (Wildman–Crippen MR) is 125 cm³/mol. The van der Waals surface area contributed by atoms with Crippen LogP contribution in [0.2, 0.25) is 0 Å². The molecular weight excluding hydrogens is 428 g/mol.